The topological polar surface area (TPSA) is 190 Å². The van der Waals surface area contributed by atoms with Gasteiger partial charge in [0.2, 0.25) is 25.4 Å². The first kappa shape index (κ1) is 54.1. The van der Waals surface area contributed by atoms with Gasteiger partial charge < -0.3 is 48.9 Å². The second kappa shape index (κ2) is 23.3. The zero-order valence-electron chi connectivity index (χ0n) is 44.8. The summed E-state index contributed by atoms with van der Waals surface area (Å²) in [5, 5.41) is 15.8. The van der Waals surface area contributed by atoms with Gasteiger partial charge in [0.25, 0.3) is 0 Å². The van der Waals surface area contributed by atoms with Crippen molar-refractivity contribution in [2.75, 3.05) is 38.2 Å². The van der Waals surface area contributed by atoms with Crippen molar-refractivity contribution in [1.82, 2.24) is 40.0 Å². The second-order valence-corrected chi connectivity index (χ2v) is 24.2. The first-order chi connectivity index (χ1) is 37.5. The van der Waals surface area contributed by atoms with Gasteiger partial charge in [-0.15, -0.1) is 0 Å². The summed E-state index contributed by atoms with van der Waals surface area (Å²) in [5.74, 6) is 2.31. The van der Waals surface area contributed by atoms with Crippen LogP contribution in [0.4, 0.5) is 9.59 Å². The number of amides is 4. The molecule has 0 radical (unpaired) electrons. The molecule has 0 saturated heterocycles. The number of alkyl carbamates (subject to hydrolysis) is 2. The fourth-order valence-corrected chi connectivity index (χ4v) is 12.4. The Balaban J connectivity index is 0.896. The molecule has 2 unspecified atom stereocenters. The molecule has 4 aliphatic rings. The summed E-state index contributed by atoms with van der Waals surface area (Å²) in [6.07, 6.45) is 1.09. The first-order valence-corrected chi connectivity index (χ1v) is 28.9. The molecule has 10 rings (SSSR count). The van der Waals surface area contributed by atoms with Crippen LogP contribution in [0.25, 0.3) is 22.5 Å². The van der Waals surface area contributed by atoms with Gasteiger partial charge in [-0.25, -0.2) is 9.59 Å². The predicted octanol–water partition coefficient (Wildman–Crippen LogP) is 9.77. The Bertz CT molecular complexity index is 2910. The number of aromatic nitrogens is 4. The highest BCUT2D eigenvalue weighted by atomic mass is 33.1. The van der Waals surface area contributed by atoms with E-state index in [-0.39, 0.29) is 36.9 Å². The third kappa shape index (κ3) is 13.0. The van der Waals surface area contributed by atoms with E-state index < -0.39 is 47.6 Å². The molecule has 0 fully saturated rings. The Morgan fingerprint density at radius 2 is 0.949 bits per heavy atom. The number of ether oxygens (including phenoxy) is 6. The van der Waals surface area contributed by atoms with Gasteiger partial charge in [0.15, 0.2) is 23.0 Å². The van der Waals surface area contributed by atoms with Crippen LogP contribution >= 0.6 is 21.6 Å². The highest BCUT2D eigenvalue weighted by Gasteiger charge is 2.40. The summed E-state index contributed by atoms with van der Waals surface area (Å²) >= 11 is 0. The smallest absolute Gasteiger partial charge is 0.408 e. The van der Waals surface area contributed by atoms with Crippen LogP contribution in [0.2, 0.25) is 0 Å². The van der Waals surface area contributed by atoms with E-state index in [0.29, 0.717) is 74.9 Å². The predicted molar refractivity (Wildman–Crippen MR) is 297 cm³/mol. The van der Waals surface area contributed by atoms with Gasteiger partial charge in [0.1, 0.15) is 23.3 Å². The molecule has 6 aromatic rings. The molecule has 2 N–H and O–H groups in total. The Hall–Kier alpha value is -7.32. The number of nitrogens with zero attached hydrogens (tertiary/aromatic N) is 6. The van der Waals surface area contributed by atoms with Gasteiger partial charge in [-0.1, -0.05) is 82.3 Å². The molecule has 4 aromatic carbocycles. The molecule has 4 atom stereocenters. The Morgan fingerprint density at radius 1 is 0.551 bits per heavy atom. The molecule has 78 heavy (non-hydrogen) atoms. The first-order valence-electron chi connectivity index (χ1n) is 26.4. The number of carbonyl (C=O) groups is 4. The van der Waals surface area contributed by atoms with Crippen LogP contribution in [-0.4, -0.2) is 115 Å². The average molecular weight is 1100 g/mol. The van der Waals surface area contributed by atoms with Crippen molar-refractivity contribution in [3.8, 4) is 45.5 Å². The maximum absolute atomic E-state index is 15.2. The van der Waals surface area contributed by atoms with E-state index in [0.717, 1.165) is 45.0 Å². The van der Waals surface area contributed by atoms with Gasteiger partial charge in [-0.2, -0.15) is 10.2 Å². The lowest BCUT2D eigenvalue weighted by Crippen LogP contribution is -2.54. The van der Waals surface area contributed by atoms with Crippen molar-refractivity contribution >= 4 is 45.6 Å². The van der Waals surface area contributed by atoms with E-state index in [1.54, 1.807) is 41.5 Å². The summed E-state index contributed by atoms with van der Waals surface area (Å²) in [6, 6.07) is 33.0. The summed E-state index contributed by atoms with van der Waals surface area (Å²) in [4.78, 5) is 61.4. The lowest BCUT2D eigenvalue weighted by molar-refractivity contribution is -0.137. The van der Waals surface area contributed by atoms with Crippen LogP contribution in [0.15, 0.2) is 109 Å². The molecule has 410 valence electrons. The highest BCUT2D eigenvalue weighted by Crippen LogP contribution is 2.41. The maximum atomic E-state index is 15.2. The molecule has 4 aliphatic heterocycles. The number of hydrogen-bond acceptors (Lipinski definition) is 14. The van der Waals surface area contributed by atoms with Crippen molar-refractivity contribution in [2.24, 2.45) is 0 Å². The number of benzene rings is 4. The minimum absolute atomic E-state index is 0.116. The number of nitrogens with one attached hydrogen (secondary N) is 2. The Kier molecular flexibility index (Phi) is 16.2. The normalized spacial score (nSPS) is 17.2. The summed E-state index contributed by atoms with van der Waals surface area (Å²) in [7, 11) is 2.65. The summed E-state index contributed by atoms with van der Waals surface area (Å²) in [6.45, 7) is 12.5. The van der Waals surface area contributed by atoms with Crippen LogP contribution in [-0.2, 0) is 45.0 Å². The van der Waals surface area contributed by atoms with Crippen LogP contribution in [0.1, 0.15) is 89.0 Å². The molecule has 4 amide bonds. The number of fused-ring (bicyclic) bond motifs is 4. The second-order valence-electron chi connectivity index (χ2n) is 21.6. The molecule has 2 aromatic heterocycles. The van der Waals surface area contributed by atoms with E-state index in [1.165, 1.54) is 21.6 Å². The monoisotopic (exact) mass is 1100 g/mol. The molecule has 6 heterocycles. The van der Waals surface area contributed by atoms with Gasteiger partial charge in [0.05, 0.1) is 47.9 Å². The van der Waals surface area contributed by atoms with Gasteiger partial charge in [-0.3, -0.25) is 19.0 Å². The number of rotatable bonds is 17. The van der Waals surface area contributed by atoms with Gasteiger partial charge >= 0.3 is 12.2 Å². The molecule has 0 aliphatic carbocycles. The van der Waals surface area contributed by atoms with Crippen molar-refractivity contribution in [1.29, 1.82) is 0 Å². The zero-order valence-corrected chi connectivity index (χ0v) is 46.4. The highest BCUT2D eigenvalue weighted by molar-refractivity contribution is 8.76. The minimum atomic E-state index is -1.03. The fraction of sp³-hybridized carbons (Fsp3) is 0.414. The van der Waals surface area contributed by atoms with E-state index in [1.807, 2.05) is 104 Å². The summed E-state index contributed by atoms with van der Waals surface area (Å²) in [5.41, 5.74) is 5.53. The van der Waals surface area contributed by atoms with Crippen molar-refractivity contribution < 1.29 is 47.6 Å². The molecular weight excluding hydrogens is 1030 g/mol. The third-order valence-corrected chi connectivity index (χ3v) is 16.1. The molecule has 18 nitrogen and oxygen atoms in total. The van der Waals surface area contributed by atoms with E-state index in [2.05, 4.69) is 34.9 Å². The molecular formula is C58H66N8O10S2. The van der Waals surface area contributed by atoms with Crippen LogP contribution < -0.4 is 29.6 Å². The Labute approximate surface area is 462 Å². The maximum Gasteiger partial charge on any atom is 0.408 e. The lowest BCUT2D eigenvalue weighted by atomic mass is 9.98. The molecule has 0 saturated carbocycles. The van der Waals surface area contributed by atoms with Gasteiger partial charge in [0, 0.05) is 35.7 Å². The molecule has 0 bridgehead atoms. The van der Waals surface area contributed by atoms with E-state index in [4.69, 9.17) is 38.6 Å². The van der Waals surface area contributed by atoms with E-state index >= 15 is 9.59 Å². The van der Waals surface area contributed by atoms with Crippen LogP contribution in [0.5, 0.6) is 23.0 Å². The largest absolute Gasteiger partial charge is 0.454 e. The fourth-order valence-electron chi connectivity index (χ4n) is 10.1. The summed E-state index contributed by atoms with van der Waals surface area (Å²) < 4.78 is 37.9. The zero-order chi connectivity index (χ0) is 54.6. The van der Waals surface area contributed by atoms with Crippen molar-refractivity contribution in [2.45, 2.75) is 116 Å². The van der Waals surface area contributed by atoms with Crippen LogP contribution in [0.3, 0.4) is 0 Å². The number of aryl methyl sites for hydroxylation is 2. The number of hydrogen-bond donors (Lipinski definition) is 2. The quantitative estimate of drug-likeness (QED) is 0.0648. The average Bonchev–Trinajstić information content (AvgIpc) is 4.43. The number of carbonyl (C=O) groups excluding carboxylic acids is 4. The standard InChI is InChI=1S/C58H66N8O10S2/c1-57(2,3)75-55(69)59-43(53(67)63-25-27-65-47(45(63)21-17-37-13-9-7-10-14-37)31-41(61-65)39-19-23-49-51(29-39)73-35-71-49)33-77-78-34-44(60-56(70)76-58(4,5)6)54(68)64-26-28-66-48(46(64)22-18-38-15-11-8-12-16-38)32-42(62-66)40-20-24-50-52(30-40)74-36-72-50/h7-16,19-20,23-24,29-32,43-46H,17-18,21-22,25-28,33-36H2,1-6H3,(H,59,69)(H,60,70)/t43-,44-,45?,46?/m0/s1. The van der Waals surface area contributed by atoms with Crippen molar-refractivity contribution in [3.63, 3.8) is 0 Å². The van der Waals surface area contributed by atoms with E-state index in [9.17, 15) is 9.59 Å². The molecule has 0 spiro atoms. The van der Waals surface area contributed by atoms with Gasteiger partial charge in [-0.05, 0) is 127 Å². The minimum Gasteiger partial charge on any atom is -0.454 e. The SMILES string of the molecule is CC(C)(C)OC(=O)N[C@@H](CSSC[C@H](NC(=O)OC(C)(C)C)C(=O)N1CCn2nc(-c3ccc4c(c3)OCO4)cc2C1CCc1ccccc1)C(=O)N1CCn2nc(-c3ccc4c(c3)OCO4)cc2C1CCc1ccccc1. The lowest BCUT2D eigenvalue weighted by Gasteiger charge is -2.38. The molecule has 20 heteroatoms. The van der Waals surface area contributed by atoms with Crippen molar-refractivity contribution in [3.05, 3.63) is 132 Å². The Morgan fingerprint density at radius 3 is 1.35 bits per heavy atom. The van der Waals surface area contributed by atoms with Crippen LogP contribution in [0, 0.1) is 0 Å². The third-order valence-electron chi connectivity index (χ3n) is 13.7.